The zero-order valence-corrected chi connectivity index (χ0v) is 17.6. The monoisotopic (exact) mass is 418 g/mol. The summed E-state index contributed by atoms with van der Waals surface area (Å²) in [6, 6.07) is 11.4. The number of ether oxygens (including phenoxy) is 2. The Hall–Kier alpha value is -2.58. The van der Waals surface area contributed by atoms with Crippen molar-refractivity contribution in [1.29, 1.82) is 0 Å². The summed E-state index contributed by atoms with van der Waals surface area (Å²) in [6.07, 6.45) is 0.820. The number of benzene rings is 2. The molecule has 0 aliphatic carbocycles. The van der Waals surface area contributed by atoms with Gasteiger partial charge in [-0.05, 0) is 48.9 Å². The predicted molar refractivity (Wildman–Crippen MR) is 110 cm³/mol. The van der Waals surface area contributed by atoms with E-state index in [-0.39, 0.29) is 28.3 Å². The lowest BCUT2D eigenvalue weighted by atomic mass is 9.95. The molecule has 8 heteroatoms. The van der Waals surface area contributed by atoms with Crippen molar-refractivity contribution in [2.24, 2.45) is 5.92 Å². The molecule has 2 N–H and O–H groups in total. The van der Waals surface area contributed by atoms with Crippen molar-refractivity contribution in [3.63, 3.8) is 0 Å². The predicted octanol–water partition coefficient (Wildman–Crippen LogP) is 2.88. The fourth-order valence-electron chi connectivity index (χ4n) is 3.16. The van der Waals surface area contributed by atoms with Crippen molar-refractivity contribution in [2.75, 3.05) is 20.3 Å². The topological polar surface area (TPSA) is 93.7 Å². The van der Waals surface area contributed by atoms with Gasteiger partial charge in [-0.1, -0.05) is 26.0 Å². The molecule has 0 unspecified atom stereocenters. The molecule has 0 saturated heterocycles. The molecular weight excluding hydrogens is 392 g/mol. The second-order valence-corrected chi connectivity index (χ2v) is 9.07. The molecule has 2 aromatic rings. The number of hydrogen-bond acceptors (Lipinski definition) is 5. The second-order valence-electron chi connectivity index (χ2n) is 7.19. The Kier molecular flexibility index (Phi) is 6.44. The van der Waals surface area contributed by atoms with Crippen molar-refractivity contribution in [3.05, 3.63) is 53.6 Å². The summed E-state index contributed by atoms with van der Waals surface area (Å²) in [4.78, 5) is 12.9. The summed E-state index contributed by atoms with van der Waals surface area (Å²) in [6.45, 7) is 5.22. The van der Waals surface area contributed by atoms with Crippen LogP contribution in [0.25, 0.3) is 0 Å². The van der Waals surface area contributed by atoms with Gasteiger partial charge in [-0.25, -0.2) is 13.1 Å². The molecule has 1 aliphatic heterocycles. The van der Waals surface area contributed by atoms with Gasteiger partial charge in [0.2, 0.25) is 10.0 Å². The molecule has 3 rings (SSSR count). The van der Waals surface area contributed by atoms with Gasteiger partial charge in [0.15, 0.2) is 11.5 Å². The summed E-state index contributed by atoms with van der Waals surface area (Å²) in [7, 11) is -2.29. The van der Waals surface area contributed by atoms with Gasteiger partial charge >= 0.3 is 0 Å². The van der Waals surface area contributed by atoms with E-state index >= 15 is 0 Å². The number of nitrogens with one attached hydrogen (secondary N) is 2. The Labute approximate surface area is 171 Å². The maximum Gasteiger partial charge on any atom is 0.251 e. The Morgan fingerprint density at radius 3 is 2.45 bits per heavy atom. The Balaban J connectivity index is 1.86. The third-order valence-electron chi connectivity index (χ3n) is 4.76. The lowest BCUT2D eigenvalue weighted by molar-refractivity contribution is 0.0925. The highest BCUT2D eigenvalue weighted by molar-refractivity contribution is 7.89. The zero-order chi connectivity index (χ0) is 21.0. The molecule has 0 aromatic heterocycles. The van der Waals surface area contributed by atoms with Gasteiger partial charge in [-0.15, -0.1) is 0 Å². The Morgan fingerprint density at radius 1 is 1.03 bits per heavy atom. The smallest absolute Gasteiger partial charge is 0.251 e. The fraction of sp³-hybridized carbons (Fsp3) is 0.381. The van der Waals surface area contributed by atoms with E-state index in [9.17, 15) is 13.2 Å². The zero-order valence-electron chi connectivity index (χ0n) is 16.8. The highest BCUT2D eigenvalue weighted by atomic mass is 32.2. The molecule has 0 saturated carbocycles. The molecule has 0 fully saturated rings. The first-order valence-corrected chi connectivity index (χ1v) is 11.0. The van der Waals surface area contributed by atoms with Crippen LogP contribution >= 0.6 is 0 Å². The van der Waals surface area contributed by atoms with Crippen LogP contribution in [0.2, 0.25) is 0 Å². The highest BCUT2D eigenvalue weighted by Gasteiger charge is 2.22. The molecule has 29 heavy (non-hydrogen) atoms. The van der Waals surface area contributed by atoms with Gasteiger partial charge in [0.25, 0.3) is 5.91 Å². The first kappa shape index (κ1) is 21.1. The molecular formula is C21H26N2O5S. The van der Waals surface area contributed by atoms with Crippen molar-refractivity contribution in [3.8, 4) is 11.5 Å². The van der Waals surface area contributed by atoms with Crippen LogP contribution in [0.1, 0.15) is 42.2 Å². The third kappa shape index (κ3) is 4.89. The normalized spacial score (nSPS) is 14.9. The van der Waals surface area contributed by atoms with Gasteiger partial charge in [0.1, 0.15) is 0 Å². The average Bonchev–Trinajstić information content (AvgIpc) is 2.96. The van der Waals surface area contributed by atoms with Crippen molar-refractivity contribution < 1.29 is 22.7 Å². The minimum Gasteiger partial charge on any atom is -0.490 e. The Morgan fingerprint density at radius 2 is 1.76 bits per heavy atom. The van der Waals surface area contributed by atoms with Crippen LogP contribution in [-0.2, 0) is 10.0 Å². The fourth-order valence-corrected chi connectivity index (χ4v) is 3.93. The SMILES string of the molecule is CNS(=O)(=O)c1cccc(C(=O)N[C@@H](c2ccc3c(c2)OCCCO3)C(C)C)c1. The van der Waals surface area contributed by atoms with Gasteiger partial charge < -0.3 is 14.8 Å². The minimum atomic E-state index is -3.63. The summed E-state index contributed by atoms with van der Waals surface area (Å²) in [5, 5.41) is 3.02. The van der Waals surface area contributed by atoms with E-state index in [4.69, 9.17) is 9.47 Å². The first-order valence-electron chi connectivity index (χ1n) is 9.56. The van der Waals surface area contributed by atoms with E-state index in [2.05, 4.69) is 10.0 Å². The second kappa shape index (κ2) is 8.84. The van der Waals surface area contributed by atoms with Gasteiger partial charge in [-0.2, -0.15) is 0 Å². The number of rotatable bonds is 6. The molecule has 2 aromatic carbocycles. The summed E-state index contributed by atoms with van der Waals surface area (Å²) in [5.74, 6) is 1.13. The molecule has 1 amide bonds. The molecule has 0 bridgehead atoms. The highest BCUT2D eigenvalue weighted by Crippen LogP contribution is 2.34. The van der Waals surface area contributed by atoms with E-state index in [1.54, 1.807) is 12.1 Å². The number of fused-ring (bicyclic) bond motifs is 1. The standard InChI is InChI=1S/C21H26N2O5S/c1-14(2)20(15-8-9-18-19(13-15)28-11-5-10-27-18)23-21(24)16-6-4-7-17(12-16)29(25,26)22-3/h4,6-9,12-14,20,22H,5,10-11H2,1-3H3,(H,23,24)/t20-/m1/s1. The van der Waals surface area contributed by atoms with E-state index < -0.39 is 10.0 Å². The molecule has 0 radical (unpaired) electrons. The van der Waals surface area contributed by atoms with Crippen LogP contribution in [0.4, 0.5) is 0 Å². The molecule has 1 aliphatic rings. The summed E-state index contributed by atoms with van der Waals surface area (Å²) in [5.41, 5.74) is 1.18. The number of sulfonamides is 1. The molecule has 7 nitrogen and oxygen atoms in total. The average molecular weight is 419 g/mol. The molecule has 1 heterocycles. The van der Waals surface area contributed by atoms with Crippen LogP contribution in [-0.4, -0.2) is 34.6 Å². The summed E-state index contributed by atoms with van der Waals surface area (Å²) < 4.78 is 37.7. The van der Waals surface area contributed by atoms with Gasteiger partial charge in [0, 0.05) is 12.0 Å². The number of carbonyl (C=O) groups is 1. The quantitative estimate of drug-likeness (QED) is 0.752. The maximum atomic E-state index is 12.9. The van der Waals surface area contributed by atoms with Crippen LogP contribution < -0.4 is 19.5 Å². The van der Waals surface area contributed by atoms with E-state index in [0.717, 1.165) is 12.0 Å². The van der Waals surface area contributed by atoms with Crippen LogP contribution in [0.3, 0.4) is 0 Å². The largest absolute Gasteiger partial charge is 0.490 e. The van der Waals surface area contributed by atoms with Crippen molar-refractivity contribution in [2.45, 2.75) is 31.2 Å². The summed E-state index contributed by atoms with van der Waals surface area (Å²) >= 11 is 0. The first-order chi connectivity index (χ1) is 13.8. The number of hydrogen-bond donors (Lipinski definition) is 2. The van der Waals surface area contributed by atoms with E-state index in [1.165, 1.54) is 19.2 Å². The minimum absolute atomic E-state index is 0.0457. The maximum absolute atomic E-state index is 12.9. The lowest BCUT2D eigenvalue weighted by Gasteiger charge is -2.24. The third-order valence-corrected chi connectivity index (χ3v) is 6.17. The van der Waals surface area contributed by atoms with Crippen LogP contribution in [0.15, 0.2) is 47.4 Å². The Bertz CT molecular complexity index is 988. The van der Waals surface area contributed by atoms with Gasteiger partial charge in [0.05, 0.1) is 24.2 Å². The molecule has 1 atom stereocenters. The molecule has 0 spiro atoms. The van der Waals surface area contributed by atoms with Crippen molar-refractivity contribution in [1.82, 2.24) is 10.0 Å². The number of amides is 1. The van der Waals surface area contributed by atoms with Crippen LogP contribution in [0.5, 0.6) is 11.5 Å². The number of carbonyl (C=O) groups excluding carboxylic acids is 1. The van der Waals surface area contributed by atoms with Gasteiger partial charge in [-0.3, -0.25) is 4.79 Å². The van der Waals surface area contributed by atoms with Crippen LogP contribution in [0, 0.1) is 5.92 Å². The lowest BCUT2D eigenvalue weighted by Crippen LogP contribution is -2.32. The van der Waals surface area contributed by atoms with Crippen molar-refractivity contribution >= 4 is 15.9 Å². The van der Waals surface area contributed by atoms with E-state index in [1.807, 2.05) is 32.0 Å². The van der Waals surface area contributed by atoms with E-state index in [0.29, 0.717) is 24.7 Å². The molecule has 156 valence electrons.